The lowest BCUT2D eigenvalue weighted by Crippen LogP contribution is -2.37. The number of hydrogen-bond acceptors (Lipinski definition) is 8. The van der Waals surface area contributed by atoms with E-state index in [-0.39, 0.29) is 42.2 Å². The van der Waals surface area contributed by atoms with Gasteiger partial charge in [-0.25, -0.2) is 0 Å². The van der Waals surface area contributed by atoms with Crippen molar-refractivity contribution in [2.24, 2.45) is 11.8 Å². The molecule has 2 aliphatic carbocycles. The highest BCUT2D eigenvalue weighted by atomic mass is 16.9. The molecule has 0 spiro atoms. The van der Waals surface area contributed by atoms with Crippen LogP contribution >= 0.6 is 0 Å². The second kappa shape index (κ2) is 11.5. The normalized spacial score (nSPS) is 41.8. The van der Waals surface area contributed by atoms with E-state index in [4.69, 9.17) is 23.7 Å². The largest absolute Gasteiger partial charge is 0.465 e. The van der Waals surface area contributed by atoms with Crippen LogP contribution in [0.3, 0.4) is 0 Å². The van der Waals surface area contributed by atoms with Crippen LogP contribution in [0.15, 0.2) is 0 Å². The van der Waals surface area contributed by atoms with Gasteiger partial charge < -0.3 is 33.9 Å². The zero-order valence-corrected chi connectivity index (χ0v) is 20.9. The van der Waals surface area contributed by atoms with Crippen molar-refractivity contribution in [2.45, 2.75) is 140 Å². The third kappa shape index (κ3) is 6.51. The van der Waals surface area contributed by atoms with E-state index in [1.165, 1.54) is 0 Å². The fourth-order valence-electron chi connectivity index (χ4n) is 5.92. The van der Waals surface area contributed by atoms with Gasteiger partial charge in [0.05, 0.1) is 36.9 Å². The molecule has 8 heteroatoms. The van der Waals surface area contributed by atoms with Crippen LogP contribution in [0.4, 0.5) is 0 Å². The van der Waals surface area contributed by atoms with E-state index in [2.05, 4.69) is 13.8 Å². The minimum absolute atomic E-state index is 0.0792. The molecule has 196 valence electrons. The van der Waals surface area contributed by atoms with Gasteiger partial charge in [0.25, 0.3) is 11.9 Å². The Labute approximate surface area is 203 Å². The highest BCUT2D eigenvalue weighted by Gasteiger charge is 2.50. The van der Waals surface area contributed by atoms with Crippen molar-refractivity contribution in [3.63, 3.8) is 0 Å². The predicted molar refractivity (Wildman–Crippen MR) is 123 cm³/mol. The number of hydrogen-bond donors (Lipinski definition) is 2. The molecule has 8 atom stereocenters. The number of esters is 1. The van der Waals surface area contributed by atoms with Crippen molar-refractivity contribution in [1.82, 2.24) is 0 Å². The van der Waals surface area contributed by atoms with Crippen LogP contribution in [0.2, 0.25) is 0 Å². The van der Waals surface area contributed by atoms with E-state index in [1.54, 1.807) is 0 Å². The Morgan fingerprint density at radius 1 is 0.765 bits per heavy atom. The van der Waals surface area contributed by atoms with Gasteiger partial charge in [-0.2, -0.15) is 0 Å². The predicted octanol–water partition coefficient (Wildman–Crippen LogP) is 4.15. The third-order valence-corrected chi connectivity index (χ3v) is 7.90. The first kappa shape index (κ1) is 26.3. The molecule has 4 rings (SSSR count). The Kier molecular flexibility index (Phi) is 8.91. The lowest BCUT2D eigenvalue weighted by molar-refractivity contribution is -0.321. The molecular weight excluding hydrogens is 440 g/mol. The zero-order valence-electron chi connectivity index (χ0n) is 20.9. The maximum atomic E-state index is 12.8. The van der Waals surface area contributed by atoms with Crippen LogP contribution in [-0.4, -0.2) is 59.2 Å². The molecule has 2 N–H and O–H groups in total. The topological polar surface area (TPSA) is 104 Å². The summed E-state index contributed by atoms with van der Waals surface area (Å²) in [5.41, 5.74) is 0. The molecule has 2 saturated heterocycles. The average Bonchev–Trinajstić information content (AvgIpc) is 3.32. The van der Waals surface area contributed by atoms with Gasteiger partial charge in [-0.1, -0.05) is 39.5 Å². The van der Waals surface area contributed by atoms with Gasteiger partial charge in [0.15, 0.2) is 0 Å². The summed E-state index contributed by atoms with van der Waals surface area (Å²) in [4.78, 5) is 12.8. The lowest BCUT2D eigenvalue weighted by Gasteiger charge is -2.30. The molecule has 2 saturated carbocycles. The molecule has 4 fully saturated rings. The maximum Gasteiger partial charge on any atom is 0.309 e. The zero-order chi connectivity index (χ0) is 24.2. The summed E-state index contributed by atoms with van der Waals surface area (Å²) in [7, 11) is 0. The first-order valence-electron chi connectivity index (χ1n) is 13.7. The second-order valence-electron chi connectivity index (χ2n) is 10.8. The molecule has 0 radical (unpaired) electrons. The number of carbonyl (C=O) groups is 1. The maximum absolute atomic E-state index is 12.8. The smallest absolute Gasteiger partial charge is 0.309 e. The molecule has 8 unspecified atom stereocenters. The van der Waals surface area contributed by atoms with Crippen molar-refractivity contribution in [3.8, 4) is 0 Å². The van der Waals surface area contributed by atoms with Gasteiger partial charge in [0.1, 0.15) is 0 Å². The number of unbranched alkanes of at least 4 members (excludes halogenated alkanes) is 4. The summed E-state index contributed by atoms with van der Waals surface area (Å²) in [6, 6.07) is 0. The molecule has 8 nitrogen and oxygen atoms in total. The van der Waals surface area contributed by atoms with Crippen LogP contribution in [0.5, 0.6) is 0 Å². The Morgan fingerprint density at radius 2 is 1.29 bits per heavy atom. The average molecular weight is 485 g/mol. The van der Waals surface area contributed by atoms with Gasteiger partial charge in [-0.3, -0.25) is 4.79 Å². The second-order valence-corrected chi connectivity index (χ2v) is 10.8. The molecular formula is C26H44O8. The molecule has 34 heavy (non-hydrogen) atoms. The van der Waals surface area contributed by atoms with Crippen LogP contribution in [0.1, 0.15) is 104 Å². The first-order chi connectivity index (χ1) is 16.3. The quantitative estimate of drug-likeness (QED) is 0.333. The summed E-state index contributed by atoms with van der Waals surface area (Å²) in [5, 5.41) is 21.2. The van der Waals surface area contributed by atoms with Gasteiger partial charge in [0.2, 0.25) is 0 Å². The Hall–Kier alpha value is -0.770. The Balaban J connectivity index is 1.19. The van der Waals surface area contributed by atoms with Crippen LogP contribution in [0.25, 0.3) is 0 Å². The minimum Gasteiger partial charge on any atom is -0.465 e. The number of fused-ring (bicyclic) bond motifs is 2. The number of aliphatic hydroxyl groups is 2. The SMILES string of the molecule is CCCCCC1(O)OC2CCC(COC(=O)C3CCC4OC(O)(CCCCC)OC4C3)CC2O1. The van der Waals surface area contributed by atoms with E-state index in [0.29, 0.717) is 38.7 Å². The minimum atomic E-state index is -1.51. The van der Waals surface area contributed by atoms with Gasteiger partial charge in [-0.05, 0) is 57.3 Å². The summed E-state index contributed by atoms with van der Waals surface area (Å²) in [6.45, 7) is 4.61. The van der Waals surface area contributed by atoms with Crippen molar-refractivity contribution in [3.05, 3.63) is 0 Å². The fourth-order valence-corrected chi connectivity index (χ4v) is 5.92. The van der Waals surface area contributed by atoms with Gasteiger partial charge in [0, 0.05) is 12.8 Å². The number of ether oxygens (including phenoxy) is 5. The number of carbonyl (C=O) groups excluding carboxylic acids is 1. The van der Waals surface area contributed by atoms with E-state index >= 15 is 0 Å². The van der Waals surface area contributed by atoms with Gasteiger partial charge >= 0.3 is 5.97 Å². The molecule has 0 aromatic carbocycles. The van der Waals surface area contributed by atoms with Gasteiger partial charge in [-0.15, -0.1) is 0 Å². The summed E-state index contributed by atoms with van der Waals surface area (Å²) in [5.74, 6) is -3.18. The number of rotatable bonds is 11. The van der Waals surface area contributed by atoms with Crippen LogP contribution < -0.4 is 0 Å². The van der Waals surface area contributed by atoms with E-state index in [0.717, 1.165) is 57.8 Å². The monoisotopic (exact) mass is 484 g/mol. The molecule has 0 amide bonds. The molecule has 0 bridgehead atoms. The highest BCUT2D eigenvalue weighted by Crippen LogP contribution is 2.42. The van der Waals surface area contributed by atoms with Crippen molar-refractivity contribution >= 4 is 5.97 Å². The highest BCUT2D eigenvalue weighted by molar-refractivity contribution is 5.72. The molecule has 0 aromatic heterocycles. The first-order valence-corrected chi connectivity index (χ1v) is 13.7. The van der Waals surface area contributed by atoms with E-state index < -0.39 is 11.9 Å². The van der Waals surface area contributed by atoms with Crippen molar-refractivity contribution in [1.29, 1.82) is 0 Å². The summed E-state index contributed by atoms with van der Waals surface area (Å²) in [6.07, 6.45) is 10.6. The summed E-state index contributed by atoms with van der Waals surface area (Å²) >= 11 is 0. The van der Waals surface area contributed by atoms with Crippen LogP contribution in [0, 0.1) is 11.8 Å². The van der Waals surface area contributed by atoms with E-state index in [1.807, 2.05) is 0 Å². The Morgan fingerprint density at radius 3 is 1.88 bits per heavy atom. The van der Waals surface area contributed by atoms with Crippen molar-refractivity contribution in [2.75, 3.05) is 6.61 Å². The van der Waals surface area contributed by atoms with Crippen LogP contribution in [-0.2, 0) is 28.5 Å². The van der Waals surface area contributed by atoms with E-state index in [9.17, 15) is 15.0 Å². The molecule has 4 aliphatic rings. The molecule has 0 aromatic rings. The fraction of sp³-hybridized carbons (Fsp3) is 0.962. The molecule has 2 aliphatic heterocycles. The Bertz CT molecular complexity index is 673. The summed E-state index contributed by atoms with van der Waals surface area (Å²) < 4.78 is 29.1. The molecule has 2 heterocycles. The lowest BCUT2D eigenvalue weighted by atomic mass is 9.85. The third-order valence-electron chi connectivity index (χ3n) is 7.90. The standard InChI is InChI=1S/C26H44O8/c1-3-5-7-13-25(28)31-20-11-9-18(15-22(20)33-25)17-30-24(27)19-10-12-21-23(16-19)34-26(29,32-21)14-8-6-4-2/h18-23,28-29H,3-17H2,1-2H3. The van der Waals surface area contributed by atoms with Crippen molar-refractivity contribution < 1.29 is 38.7 Å².